The Hall–Kier alpha value is -0.530. The van der Waals surface area contributed by atoms with Crippen molar-refractivity contribution in [3.05, 3.63) is 34.9 Å². The summed E-state index contributed by atoms with van der Waals surface area (Å²) in [6.07, 6.45) is 9.49. The molecule has 0 bridgehead atoms. The molecule has 1 aromatic rings. The zero-order valence-electron chi connectivity index (χ0n) is 11.2. The van der Waals surface area contributed by atoms with Crippen molar-refractivity contribution in [1.29, 1.82) is 0 Å². The van der Waals surface area contributed by atoms with Crippen molar-refractivity contribution in [2.24, 2.45) is 0 Å². The first kappa shape index (κ1) is 12.5. The second-order valence-corrected chi connectivity index (χ2v) is 6.38. The molecule has 0 unspecified atom stereocenters. The molecule has 2 aliphatic rings. The second kappa shape index (κ2) is 4.86. The molecule has 2 saturated carbocycles. The van der Waals surface area contributed by atoms with E-state index in [9.17, 15) is 0 Å². The van der Waals surface area contributed by atoms with Crippen LogP contribution < -0.4 is 0 Å². The average Bonchev–Trinajstić information content (AvgIpc) is 3.24. The van der Waals surface area contributed by atoms with Crippen molar-refractivity contribution < 1.29 is 0 Å². The lowest BCUT2D eigenvalue weighted by molar-refractivity contribution is 0.0650. The molecule has 98 valence electrons. The maximum absolute atomic E-state index is 6.04. The first-order valence-electron chi connectivity index (χ1n) is 7.21. The minimum atomic E-state index is 0.282. The van der Waals surface area contributed by atoms with Gasteiger partial charge in [0.05, 0.1) is 0 Å². The number of benzene rings is 1. The quantitative estimate of drug-likeness (QED) is 0.771. The van der Waals surface area contributed by atoms with E-state index < -0.39 is 0 Å². The van der Waals surface area contributed by atoms with E-state index in [-0.39, 0.29) is 5.54 Å². The number of hydrogen-bond donors (Lipinski definition) is 0. The van der Waals surface area contributed by atoms with E-state index in [2.05, 4.69) is 24.1 Å². The van der Waals surface area contributed by atoms with Gasteiger partial charge in [-0.3, -0.25) is 4.90 Å². The Balaban J connectivity index is 1.95. The third-order valence-electron chi connectivity index (χ3n) is 4.83. The third kappa shape index (κ3) is 2.19. The molecule has 0 atom stereocenters. The van der Waals surface area contributed by atoms with E-state index in [1.165, 1.54) is 50.5 Å². The summed E-state index contributed by atoms with van der Waals surface area (Å²) in [7, 11) is 2.33. The van der Waals surface area contributed by atoms with Crippen molar-refractivity contribution in [3.8, 4) is 0 Å². The fraction of sp³-hybridized carbons (Fsp3) is 0.625. The number of rotatable bonds is 3. The zero-order chi connectivity index (χ0) is 12.6. The second-order valence-electron chi connectivity index (χ2n) is 5.94. The van der Waals surface area contributed by atoms with Crippen molar-refractivity contribution in [1.82, 2.24) is 4.90 Å². The van der Waals surface area contributed by atoms with Crippen LogP contribution in [0.4, 0.5) is 0 Å². The number of hydrogen-bond acceptors (Lipinski definition) is 1. The van der Waals surface area contributed by atoms with Crippen LogP contribution in [0, 0.1) is 0 Å². The van der Waals surface area contributed by atoms with E-state index in [4.69, 9.17) is 11.6 Å². The highest BCUT2D eigenvalue weighted by atomic mass is 35.5. The van der Waals surface area contributed by atoms with Crippen LogP contribution in [0.5, 0.6) is 0 Å². The largest absolute Gasteiger partial charge is 0.294 e. The Bertz CT molecular complexity index is 402. The minimum Gasteiger partial charge on any atom is -0.294 e. The Kier molecular flexibility index (Phi) is 3.38. The van der Waals surface area contributed by atoms with E-state index in [1.54, 1.807) is 0 Å². The summed E-state index contributed by atoms with van der Waals surface area (Å²) in [5, 5.41) is 0.846. The lowest BCUT2D eigenvalue weighted by Crippen LogP contribution is -2.46. The third-order valence-corrected chi connectivity index (χ3v) is 5.08. The van der Waals surface area contributed by atoms with Crippen LogP contribution >= 0.6 is 11.6 Å². The summed E-state index contributed by atoms with van der Waals surface area (Å²) in [6.45, 7) is 0. The predicted octanol–water partition coefficient (Wildman–Crippen LogP) is 4.59. The first-order chi connectivity index (χ1) is 8.72. The van der Waals surface area contributed by atoms with Gasteiger partial charge in [-0.05, 0) is 50.4 Å². The summed E-state index contributed by atoms with van der Waals surface area (Å²) in [4.78, 5) is 2.66. The molecular weight excluding hydrogens is 242 g/mol. The van der Waals surface area contributed by atoms with Crippen LogP contribution in [-0.4, -0.2) is 18.0 Å². The van der Waals surface area contributed by atoms with Crippen molar-refractivity contribution in [2.45, 2.75) is 56.5 Å². The molecule has 2 aliphatic carbocycles. The van der Waals surface area contributed by atoms with Gasteiger partial charge in [0.15, 0.2) is 0 Å². The van der Waals surface area contributed by atoms with Gasteiger partial charge in [-0.15, -0.1) is 0 Å². The smallest absolute Gasteiger partial charge is 0.0460 e. The molecule has 0 radical (unpaired) electrons. The van der Waals surface area contributed by atoms with E-state index in [0.717, 1.165) is 11.1 Å². The van der Waals surface area contributed by atoms with Gasteiger partial charge < -0.3 is 0 Å². The summed E-state index contributed by atoms with van der Waals surface area (Å²) in [5.74, 6) is 0. The molecule has 2 fully saturated rings. The Morgan fingerprint density at radius 2 is 1.67 bits per heavy atom. The topological polar surface area (TPSA) is 3.24 Å². The Morgan fingerprint density at radius 3 is 2.22 bits per heavy atom. The summed E-state index contributed by atoms with van der Waals surface area (Å²) < 4.78 is 0. The maximum Gasteiger partial charge on any atom is 0.0460 e. The molecule has 0 aliphatic heterocycles. The molecule has 0 spiro atoms. The van der Waals surface area contributed by atoms with Gasteiger partial charge in [-0.2, -0.15) is 0 Å². The average molecular weight is 264 g/mol. The predicted molar refractivity (Wildman–Crippen MR) is 77.0 cm³/mol. The van der Waals surface area contributed by atoms with Gasteiger partial charge in [-0.1, -0.05) is 43.0 Å². The standard InChI is InChI=1S/C16H22ClN/c1-18(15-9-10-15)16(11-3-2-4-12-16)13-5-7-14(17)8-6-13/h5-8,15H,2-4,9-12H2,1H3. The van der Waals surface area contributed by atoms with E-state index in [1.807, 2.05) is 12.1 Å². The molecule has 0 saturated heterocycles. The molecule has 18 heavy (non-hydrogen) atoms. The van der Waals surface area contributed by atoms with Crippen LogP contribution in [0.15, 0.2) is 24.3 Å². The van der Waals surface area contributed by atoms with Gasteiger partial charge in [0, 0.05) is 16.6 Å². The van der Waals surface area contributed by atoms with Gasteiger partial charge in [0.2, 0.25) is 0 Å². The molecule has 0 amide bonds. The first-order valence-corrected chi connectivity index (χ1v) is 7.59. The van der Waals surface area contributed by atoms with Crippen LogP contribution in [0.2, 0.25) is 5.02 Å². The van der Waals surface area contributed by atoms with Crippen molar-refractivity contribution >= 4 is 11.6 Å². The lowest BCUT2D eigenvalue weighted by atomic mass is 9.75. The molecule has 1 aromatic carbocycles. The van der Waals surface area contributed by atoms with Crippen LogP contribution in [0.3, 0.4) is 0 Å². The fourth-order valence-corrected chi connectivity index (χ4v) is 3.68. The number of halogens is 1. The minimum absolute atomic E-state index is 0.282. The summed E-state index contributed by atoms with van der Waals surface area (Å²) in [6, 6.07) is 9.40. The SMILES string of the molecule is CN(C1CC1)C1(c2ccc(Cl)cc2)CCCCC1. The molecular formula is C16H22ClN. The molecule has 1 nitrogen and oxygen atoms in total. The summed E-state index contributed by atoms with van der Waals surface area (Å²) in [5.41, 5.74) is 1.75. The normalized spacial score (nSPS) is 23.3. The molecule has 0 N–H and O–H groups in total. The van der Waals surface area contributed by atoms with E-state index >= 15 is 0 Å². The van der Waals surface area contributed by atoms with E-state index in [0.29, 0.717) is 0 Å². The maximum atomic E-state index is 6.04. The van der Waals surface area contributed by atoms with Gasteiger partial charge in [-0.25, -0.2) is 0 Å². The highest BCUT2D eigenvalue weighted by Crippen LogP contribution is 2.46. The zero-order valence-corrected chi connectivity index (χ0v) is 11.9. The van der Waals surface area contributed by atoms with Gasteiger partial charge in [0.25, 0.3) is 0 Å². The van der Waals surface area contributed by atoms with Crippen molar-refractivity contribution in [3.63, 3.8) is 0 Å². The molecule has 0 heterocycles. The summed E-state index contributed by atoms with van der Waals surface area (Å²) >= 11 is 6.04. The molecule has 2 heteroatoms. The monoisotopic (exact) mass is 263 g/mol. The Labute approximate surface area is 115 Å². The van der Waals surface area contributed by atoms with Crippen LogP contribution in [-0.2, 0) is 5.54 Å². The van der Waals surface area contributed by atoms with Crippen LogP contribution in [0.1, 0.15) is 50.5 Å². The Morgan fingerprint density at radius 1 is 1.06 bits per heavy atom. The van der Waals surface area contributed by atoms with Crippen molar-refractivity contribution in [2.75, 3.05) is 7.05 Å². The number of nitrogens with zero attached hydrogens (tertiary/aromatic N) is 1. The molecule has 0 aromatic heterocycles. The highest BCUT2D eigenvalue weighted by Gasteiger charge is 2.43. The van der Waals surface area contributed by atoms with Gasteiger partial charge >= 0.3 is 0 Å². The van der Waals surface area contributed by atoms with Crippen LogP contribution in [0.25, 0.3) is 0 Å². The highest BCUT2D eigenvalue weighted by molar-refractivity contribution is 6.30. The lowest BCUT2D eigenvalue weighted by Gasteiger charge is -2.45. The van der Waals surface area contributed by atoms with Gasteiger partial charge in [0.1, 0.15) is 0 Å². The molecule has 3 rings (SSSR count). The fourth-order valence-electron chi connectivity index (χ4n) is 3.55.